The topological polar surface area (TPSA) is 106 Å². The molecular weight excluding hydrogens is 432 g/mol. The van der Waals surface area contributed by atoms with Gasteiger partial charge in [0.25, 0.3) is 5.91 Å². The molecule has 2 aliphatic rings. The van der Waals surface area contributed by atoms with Gasteiger partial charge in [0.1, 0.15) is 0 Å². The molecule has 6 rings (SSSR count). The van der Waals surface area contributed by atoms with Crippen LogP contribution in [0.3, 0.4) is 0 Å². The molecule has 2 saturated carbocycles. The Bertz CT molecular complexity index is 1410. The number of nitrogens with zero attached hydrogens (tertiary/aromatic N) is 3. The molecule has 2 fully saturated rings. The van der Waals surface area contributed by atoms with Gasteiger partial charge in [0.15, 0.2) is 0 Å². The standard InChI is InChI=1S/C26H24N4O4/c31-24(29-21-12-26(13-21)10-19(11-26)25(32)34-33)22-15-28-30-7-3-6-17(23(22)30)9-20-8-16-4-1-2-5-18(16)14-27-20/h1-8,14-15,19,21,33H,9-13H2,(H,29,31). The van der Waals surface area contributed by atoms with Crippen LogP contribution in [0.4, 0.5) is 0 Å². The van der Waals surface area contributed by atoms with Gasteiger partial charge in [-0.15, -0.1) is 0 Å². The molecule has 2 aliphatic carbocycles. The van der Waals surface area contributed by atoms with E-state index in [4.69, 9.17) is 5.26 Å². The number of benzene rings is 1. The van der Waals surface area contributed by atoms with E-state index in [1.807, 2.05) is 42.7 Å². The molecule has 0 aliphatic heterocycles. The molecule has 34 heavy (non-hydrogen) atoms. The van der Waals surface area contributed by atoms with E-state index in [9.17, 15) is 9.59 Å². The lowest BCUT2D eigenvalue weighted by molar-refractivity contribution is -0.247. The van der Waals surface area contributed by atoms with Crippen LogP contribution >= 0.6 is 0 Å². The number of carbonyl (C=O) groups excluding carboxylic acids is 2. The van der Waals surface area contributed by atoms with Crippen molar-refractivity contribution in [2.24, 2.45) is 11.3 Å². The van der Waals surface area contributed by atoms with Crippen LogP contribution < -0.4 is 5.32 Å². The zero-order valence-corrected chi connectivity index (χ0v) is 18.5. The van der Waals surface area contributed by atoms with Crippen LogP contribution in [0.25, 0.3) is 16.3 Å². The highest BCUT2D eigenvalue weighted by molar-refractivity contribution is 6.01. The lowest BCUT2D eigenvalue weighted by Gasteiger charge is -2.56. The predicted octanol–water partition coefficient (Wildman–Crippen LogP) is 3.78. The summed E-state index contributed by atoms with van der Waals surface area (Å²) < 4.78 is 1.74. The van der Waals surface area contributed by atoms with Crippen molar-refractivity contribution in [1.82, 2.24) is 19.9 Å². The molecule has 0 atom stereocenters. The smallest absolute Gasteiger partial charge is 0.345 e. The van der Waals surface area contributed by atoms with Gasteiger partial charge in [0.05, 0.1) is 23.2 Å². The molecule has 2 N–H and O–H groups in total. The molecule has 0 radical (unpaired) electrons. The van der Waals surface area contributed by atoms with Crippen LogP contribution in [0.2, 0.25) is 0 Å². The van der Waals surface area contributed by atoms with Crippen molar-refractivity contribution in [3.05, 3.63) is 77.9 Å². The third-order valence-electron chi connectivity index (χ3n) is 7.40. The van der Waals surface area contributed by atoms with Gasteiger partial charge in [-0.1, -0.05) is 30.3 Å². The lowest BCUT2D eigenvalue weighted by Crippen LogP contribution is -2.57. The second-order valence-electron chi connectivity index (χ2n) is 9.68. The Labute approximate surface area is 195 Å². The molecule has 1 aromatic carbocycles. The summed E-state index contributed by atoms with van der Waals surface area (Å²) in [5.41, 5.74) is 3.35. The zero-order chi connectivity index (χ0) is 23.3. The van der Waals surface area contributed by atoms with Gasteiger partial charge < -0.3 is 10.2 Å². The van der Waals surface area contributed by atoms with E-state index >= 15 is 0 Å². The van der Waals surface area contributed by atoms with Crippen LogP contribution in [-0.4, -0.2) is 37.8 Å². The van der Waals surface area contributed by atoms with E-state index in [1.54, 1.807) is 10.7 Å². The van der Waals surface area contributed by atoms with Crippen molar-refractivity contribution in [3.63, 3.8) is 0 Å². The van der Waals surface area contributed by atoms with E-state index in [1.165, 1.54) is 0 Å². The van der Waals surface area contributed by atoms with Gasteiger partial charge in [-0.25, -0.2) is 9.31 Å². The zero-order valence-electron chi connectivity index (χ0n) is 18.5. The van der Waals surface area contributed by atoms with Crippen LogP contribution in [0.15, 0.2) is 61.1 Å². The molecule has 0 saturated heterocycles. The molecule has 3 heterocycles. The summed E-state index contributed by atoms with van der Waals surface area (Å²) in [7, 11) is 0. The van der Waals surface area contributed by atoms with Crippen LogP contribution in [-0.2, 0) is 16.1 Å². The summed E-state index contributed by atoms with van der Waals surface area (Å²) >= 11 is 0. The lowest BCUT2D eigenvalue weighted by atomic mass is 9.50. The maximum atomic E-state index is 13.2. The monoisotopic (exact) mass is 456 g/mol. The molecule has 172 valence electrons. The summed E-state index contributed by atoms with van der Waals surface area (Å²) in [5, 5.41) is 18.3. The van der Waals surface area contributed by atoms with E-state index in [0.717, 1.165) is 40.4 Å². The summed E-state index contributed by atoms with van der Waals surface area (Å²) in [6.07, 6.45) is 9.02. The number of hydrogen-bond acceptors (Lipinski definition) is 6. The Kier molecular flexibility index (Phi) is 4.84. The van der Waals surface area contributed by atoms with Crippen molar-refractivity contribution in [2.45, 2.75) is 38.1 Å². The predicted molar refractivity (Wildman–Crippen MR) is 124 cm³/mol. The van der Waals surface area contributed by atoms with Crippen LogP contribution in [0.5, 0.6) is 0 Å². The first-order chi connectivity index (χ1) is 16.5. The first-order valence-electron chi connectivity index (χ1n) is 11.5. The minimum Gasteiger partial charge on any atom is -0.349 e. The van der Waals surface area contributed by atoms with Gasteiger partial charge in [-0.3, -0.25) is 9.78 Å². The fourth-order valence-electron chi connectivity index (χ4n) is 5.76. The highest BCUT2D eigenvalue weighted by atomic mass is 17.1. The van der Waals surface area contributed by atoms with Crippen LogP contribution in [0.1, 0.15) is 47.3 Å². The average molecular weight is 457 g/mol. The second kappa shape index (κ2) is 7.92. The van der Waals surface area contributed by atoms with Crippen molar-refractivity contribution in [3.8, 4) is 0 Å². The number of aromatic nitrogens is 3. The third-order valence-corrected chi connectivity index (χ3v) is 7.40. The molecule has 8 heteroatoms. The van der Waals surface area contributed by atoms with E-state index in [2.05, 4.69) is 32.4 Å². The van der Waals surface area contributed by atoms with Crippen LogP contribution in [0, 0.1) is 11.3 Å². The van der Waals surface area contributed by atoms with Gasteiger partial charge >= 0.3 is 5.97 Å². The summed E-state index contributed by atoms with van der Waals surface area (Å²) in [6, 6.07) is 14.2. The van der Waals surface area contributed by atoms with E-state index < -0.39 is 5.97 Å². The van der Waals surface area contributed by atoms with E-state index in [-0.39, 0.29) is 23.3 Å². The number of amides is 1. The molecular formula is C26H24N4O4. The fraction of sp³-hybridized carbons (Fsp3) is 0.308. The van der Waals surface area contributed by atoms with E-state index in [0.29, 0.717) is 24.8 Å². The second-order valence-corrected chi connectivity index (χ2v) is 9.68. The quantitative estimate of drug-likeness (QED) is 0.350. The highest BCUT2D eigenvalue weighted by Gasteiger charge is 2.55. The fourth-order valence-corrected chi connectivity index (χ4v) is 5.76. The summed E-state index contributed by atoms with van der Waals surface area (Å²) in [5.74, 6) is -0.926. The van der Waals surface area contributed by atoms with Gasteiger partial charge in [-0.2, -0.15) is 10.4 Å². The molecule has 8 nitrogen and oxygen atoms in total. The maximum absolute atomic E-state index is 13.2. The number of pyridine rings is 2. The average Bonchev–Trinajstić information content (AvgIpc) is 3.24. The normalized spacial score (nSPS) is 23.4. The van der Waals surface area contributed by atoms with Gasteiger partial charge in [-0.05, 0) is 54.2 Å². The first-order valence-corrected chi connectivity index (χ1v) is 11.5. The molecule has 3 aromatic heterocycles. The minimum absolute atomic E-state index is 0.0721. The Morgan fingerprint density at radius 1 is 1.09 bits per heavy atom. The third kappa shape index (κ3) is 3.51. The summed E-state index contributed by atoms with van der Waals surface area (Å²) in [6.45, 7) is 0. The number of nitrogens with one attached hydrogen (secondary N) is 1. The number of hydrogen-bond donors (Lipinski definition) is 2. The van der Waals surface area contributed by atoms with Gasteiger partial charge in [0.2, 0.25) is 0 Å². The Balaban J connectivity index is 1.18. The number of carbonyl (C=O) groups is 2. The first kappa shape index (κ1) is 20.8. The SMILES string of the molecule is O=C(NC1CC2(C1)CC(C(=O)OO)C2)c1cnn2cccc(Cc3cc4ccccc4cn3)c12. The Morgan fingerprint density at radius 3 is 2.68 bits per heavy atom. The van der Waals surface area contributed by atoms with Gasteiger partial charge in [0, 0.05) is 35.9 Å². The summed E-state index contributed by atoms with van der Waals surface area (Å²) in [4.78, 5) is 33.1. The Hall–Kier alpha value is -3.78. The highest BCUT2D eigenvalue weighted by Crippen LogP contribution is 2.58. The Morgan fingerprint density at radius 2 is 1.88 bits per heavy atom. The van der Waals surface area contributed by atoms with Crippen molar-refractivity contribution in [2.75, 3.05) is 0 Å². The maximum Gasteiger partial charge on any atom is 0.345 e. The van der Waals surface area contributed by atoms with Crippen molar-refractivity contribution >= 4 is 28.2 Å². The molecule has 1 spiro atoms. The largest absolute Gasteiger partial charge is 0.349 e. The number of rotatable bonds is 5. The van der Waals surface area contributed by atoms with Crippen molar-refractivity contribution in [1.29, 1.82) is 0 Å². The molecule has 4 aromatic rings. The molecule has 0 unspecified atom stereocenters. The van der Waals surface area contributed by atoms with Crippen molar-refractivity contribution < 1.29 is 19.7 Å². The minimum atomic E-state index is -0.558. The number of fused-ring (bicyclic) bond motifs is 2. The molecule has 0 bridgehead atoms. The molecule has 1 amide bonds.